The SMILES string of the molecule is c1ccc(N(c2ccccc2-c2ccc3ccccc3c2)c2cccc3c2c2ccccc2n3-c2ccccc2-c2cccc3c2oc2ccccc23)cc1. The smallest absolute Gasteiger partial charge is 0.143 e. The average molecular weight is 703 g/mol. The molecule has 0 saturated heterocycles. The van der Waals surface area contributed by atoms with Crippen LogP contribution in [0.3, 0.4) is 0 Å². The molecular formula is C52H34N2O. The Morgan fingerprint density at radius 3 is 1.95 bits per heavy atom. The van der Waals surface area contributed by atoms with E-state index in [9.17, 15) is 0 Å². The lowest BCUT2D eigenvalue weighted by atomic mass is 9.98. The van der Waals surface area contributed by atoms with Gasteiger partial charge in [-0.15, -0.1) is 0 Å². The highest BCUT2D eigenvalue weighted by atomic mass is 16.3. The van der Waals surface area contributed by atoms with Crippen molar-refractivity contribution in [1.82, 2.24) is 4.57 Å². The maximum atomic E-state index is 6.59. The van der Waals surface area contributed by atoms with E-state index < -0.39 is 0 Å². The molecule has 0 amide bonds. The minimum Gasteiger partial charge on any atom is -0.455 e. The first-order valence-electron chi connectivity index (χ1n) is 18.8. The maximum Gasteiger partial charge on any atom is 0.143 e. The molecule has 0 aliphatic heterocycles. The van der Waals surface area contributed by atoms with E-state index in [1.54, 1.807) is 0 Å². The van der Waals surface area contributed by atoms with Gasteiger partial charge in [0, 0.05) is 43.9 Å². The molecule has 55 heavy (non-hydrogen) atoms. The van der Waals surface area contributed by atoms with Gasteiger partial charge >= 0.3 is 0 Å². The molecule has 0 aliphatic carbocycles. The molecule has 0 fully saturated rings. The van der Waals surface area contributed by atoms with E-state index in [2.05, 4.69) is 210 Å². The molecule has 3 heteroatoms. The number of fused-ring (bicyclic) bond motifs is 7. The zero-order chi connectivity index (χ0) is 36.3. The summed E-state index contributed by atoms with van der Waals surface area (Å²) in [6, 6.07) is 73.9. The Morgan fingerprint density at radius 1 is 0.400 bits per heavy atom. The number of furan rings is 1. The van der Waals surface area contributed by atoms with Crippen LogP contribution in [-0.4, -0.2) is 4.57 Å². The van der Waals surface area contributed by atoms with Gasteiger partial charge in [-0.2, -0.15) is 0 Å². The maximum absolute atomic E-state index is 6.59. The zero-order valence-electron chi connectivity index (χ0n) is 29.9. The molecule has 9 aromatic carbocycles. The fourth-order valence-corrected chi connectivity index (χ4v) is 8.56. The lowest BCUT2D eigenvalue weighted by Gasteiger charge is -2.29. The van der Waals surface area contributed by atoms with Gasteiger partial charge in [-0.3, -0.25) is 0 Å². The number of anilines is 3. The molecule has 258 valence electrons. The Kier molecular flexibility index (Phi) is 7.17. The molecule has 0 aliphatic rings. The molecule has 0 N–H and O–H groups in total. The van der Waals surface area contributed by atoms with E-state index in [0.717, 1.165) is 66.8 Å². The summed E-state index contributed by atoms with van der Waals surface area (Å²) in [4.78, 5) is 2.44. The van der Waals surface area contributed by atoms with E-state index in [1.807, 2.05) is 6.07 Å². The number of hydrogen-bond acceptors (Lipinski definition) is 2. The summed E-state index contributed by atoms with van der Waals surface area (Å²) in [5.74, 6) is 0. The third-order valence-corrected chi connectivity index (χ3v) is 11.0. The Hall–Kier alpha value is -7.36. The predicted octanol–water partition coefficient (Wildman–Crippen LogP) is 14.6. The number of aromatic nitrogens is 1. The van der Waals surface area contributed by atoms with Gasteiger partial charge in [-0.05, 0) is 70.9 Å². The Labute approximate surface area is 318 Å². The van der Waals surface area contributed by atoms with Gasteiger partial charge in [0.05, 0.1) is 28.1 Å². The van der Waals surface area contributed by atoms with E-state index in [0.29, 0.717) is 0 Å². The number of para-hydroxylation sites is 6. The number of rotatable bonds is 6. The van der Waals surface area contributed by atoms with Crippen LogP contribution in [0.1, 0.15) is 0 Å². The van der Waals surface area contributed by atoms with Crippen molar-refractivity contribution >= 4 is 71.6 Å². The highest BCUT2D eigenvalue weighted by molar-refractivity contribution is 6.18. The molecule has 11 aromatic rings. The van der Waals surface area contributed by atoms with E-state index in [4.69, 9.17) is 4.42 Å². The molecular weight excluding hydrogens is 669 g/mol. The van der Waals surface area contributed by atoms with Crippen molar-refractivity contribution in [1.29, 1.82) is 0 Å². The van der Waals surface area contributed by atoms with Gasteiger partial charge in [0.2, 0.25) is 0 Å². The van der Waals surface area contributed by atoms with Crippen LogP contribution < -0.4 is 4.90 Å². The summed E-state index contributed by atoms with van der Waals surface area (Å²) in [6.45, 7) is 0. The molecule has 0 saturated carbocycles. The molecule has 0 atom stereocenters. The van der Waals surface area contributed by atoms with Gasteiger partial charge < -0.3 is 13.9 Å². The van der Waals surface area contributed by atoms with Crippen molar-refractivity contribution in [2.75, 3.05) is 4.90 Å². The Balaban J connectivity index is 1.18. The number of benzene rings is 9. The zero-order valence-corrected chi connectivity index (χ0v) is 29.9. The second-order valence-electron chi connectivity index (χ2n) is 14.1. The van der Waals surface area contributed by atoms with Crippen molar-refractivity contribution < 1.29 is 4.42 Å². The van der Waals surface area contributed by atoms with Gasteiger partial charge in [0.25, 0.3) is 0 Å². The van der Waals surface area contributed by atoms with Crippen molar-refractivity contribution in [3.05, 3.63) is 206 Å². The Bertz CT molecular complexity index is 3220. The summed E-state index contributed by atoms with van der Waals surface area (Å²) >= 11 is 0. The summed E-state index contributed by atoms with van der Waals surface area (Å²) in [6.07, 6.45) is 0. The van der Waals surface area contributed by atoms with E-state index in [-0.39, 0.29) is 0 Å². The minimum atomic E-state index is 0.897. The molecule has 11 rings (SSSR count). The second-order valence-corrected chi connectivity index (χ2v) is 14.1. The van der Waals surface area contributed by atoms with Gasteiger partial charge in [-0.25, -0.2) is 0 Å². The number of hydrogen-bond donors (Lipinski definition) is 0. The first-order chi connectivity index (χ1) is 27.3. The van der Waals surface area contributed by atoms with Crippen LogP contribution in [0.25, 0.3) is 82.5 Å². The third-order valence-electron chi connectivity index (χ3n) is 11.0. The van der Waals surface area contributed by atoms with Crippen molar-refractivity contribution in [2.45, 2.75) is 0 Å². The van der Waals surface area contributed by atoms with E-state index in [1.165, 1.54) is 32.7 Å². The standard InChI is InChI=1S/C52H34N2O/c1-2-18-38(19-3-1)53(45-26-10-6-20-39(45)37-33-32-35-16-4-5-17-36(35)34-37)48-29-15-30-49-51(48)44-23-8-12-28-47(44)54(49)46-27-11-7-21-40(46)42-24-14-25-43-41-22-9-13-31-50(41)55-52(42)43/h1-34H. The topological polar surface area (TPSA) is 21.3 Å². The largest absolute Gasteiger partial charge is 0.455 e. The highest BCUT2D eigenvalue weighted by Gasteiger charge is 2.24. The van der Waals surface area contributed by atoms with Crippen molar-refractivity contribution in [3.63, 3.8) is 0 Å². The van der Waals surface area contributed by atoms with Gasteiger partial charge in [0.15, 0.2) is 0 Å². The van der Waals surface area contributed by atoms with Crippen LogP contribution in [0, 0.1) is 0 Å². The van der Waals surface area contributed by atoms with E-state index >= 15 is 0 Å². The minimum absolute atomic E-state index is 0.897. The van der Waals surface area contributed by atoms with Crippen LogP contribution in [0.15, 0.2) is 211 Å². The molecule has 0 spiro atoms. The van der Waals surface area contributed by atoms with Crippen LogP contribution in [-0.2, 0) is 0 Å². The quantitative estimate of drug-likeness (QED) is 0.172. The van der Waals surface area contributed by atoms with Crippen LogP contribution >= 0.6 is 0 Å². The summed E-state index contributed by atoms with van der Waals surface area (Å²) < 4.78 is 9.02. The first kappa shape index (κ1) is 31.2. The monoisotopic (exact) mass is 702 g/mol. The second kappa shape index (κ2) is 12.6. The highest BCUT2D eigenvalue weighted by Crippen LogP contribution is 2.47. The van der Waals surface area contributed by atoms with Gasteiger partial charge in [-0.1, -0.05) is 152 Å². The predicted molar refractivity (Wildman–Crippen MR) is 231 cm³/mol. The molecule has 0 radical (unpaired) electrons. The Morgan fingerprint density at radius 2 is 1.04 bits per heavy atom. The molecule has 2 heterocycles. The summed E-state index contributed by atoms with van der Waals surface area (Å²) in [7, 11) is 0. The third kappa shape index (κ3) is 4.98. The summed E-state index contributed by atoms with van der Waals surface area (Å²) in [5.41, 5.74) is 13.0. The normalized spacial score (nSPS) is 11.6. The summed E-state index contributed by atoms with van der Waals surface area (Å²) in [5, 5.41) is 7.08. The van der Waals surface area contributed by atoms with Crippen LogP contribution in [0.5, 0.6) is 0 Å². The first-order valence-corrected chi connectivity index (χ1v) is 18.8. The molecule has 2 aromatic heterocycles. The van der Waals surface area contributed by atoms with Gasteiger partial charge in [0.1, 0.15) is 11.2 Å². The number of nitrogens with zero attached hydrogens (tertiary/aromatic N) is 2. The van der Waals surface area contributed by atoms with Crippen molar-refractivity contribution in [3.8, 4) is 27.9 Å². The average Bonchev–Trinajstić information content (AvgIpc) is 3.81. The molecule has 0 unspecified atom stereocenters. The lowest BCUT2D eigenvalue weighted by molar-refractivity contribution is 0.670. The van der Waals surface area contributed by atoms with Crippen LogP contribution in [0.4, 0.5) is 17.1 Å². The van der Waals surface area contributed by atoms with Crippen LogP contribution in [0.2, 0.25) is 0 Å². The van der Waals surface area contributed by atoms with Crippen molar-refractivity contribution in [2.24, 2.45) is 0 Å². The fraction of sp³-hybridized carbons (Fsp3) is 0. The lowest BCUT2D eigenvalue weighted by Crippen LogP contribution is -2.11. The molecule has 3 nitrogen and oxygen atoms in total. The fourth-order valence-electron chi connectivity index (χ4n) is 8.56. The molecule has 0 bridgehead atoms.